The third-order valence-corrected chi connectivity index (χ3v) is 5.07. The average Bonchev–Trinajstić information content (AvgIpc) is 2.41. The van der Waals surface area contributed by atoms with Crippen LogP contribution < -0.4 is 0 Å². The number of sulfonamides is 1. The van der Waals surface area contributed by atoms with Crippen LogP contribution in [0.15, 0.2) is 0 Å². The van der Waals surface area contributed by atoms with Crippen LogP contribution in [0.5, 0.6) is 0 Å². The van der Waals surface area contributed by atoms with Crippen molar-refractivity contribution in [3.63, 3.8) is 0 Å². The summed E-state index contributed by atoms with van der Waals surface area (Å²) in [6.45, 7) is 3.24. The Labute approximate surface area is 129 Å². The number of carbonyl (C=O) groups excluding carboxylic acids is 1. The van der Waals surface area contributed by atoms with Crippen molar-refractivity contribution in [1.82, 2.24) is 14.1 Å². The molecule has 0 bridgehead atoms. The number of nitrogens with zero attached hydrogens (tertiary/aromatic N) is 3. The SMILES string of the molecule is CN(C)CCCN(CCC(=O)N1CCCCC1)S(C)(=O)=O. The number of hydrogen-bond acceptors (Lipinski definition) is 4. The van der Waals surface area contributed by atoms with Crippen molar-refractivity contribution >= 4 is 15.9 Å². The van der Waals surface area contributed by atoms with Crippen molar-refractivity contribution in [3.8, 4) is 0 Å². The molecule has 0 spiro atoms. The smallest absolute Gasteiger partial charge is 0.223 e. The minimum Gasteiger partial charge on any atom is -0.343 e. The summed E-state index contributed by atoms with van der Waals surface area (Å²) in [4.78, 5) is 16.0. The van der Waals surface area contributed by atoms with E-state index in [9.17, 15) is 13.2 Å². The van der Waals surface area contributed by atoms with Crippen LogP contribution in [0, 0.1) is 0 Å². The second kappa shape index (κ2) is 8.70. The molecule has 124 valence electrons. The number of rotatable bonds is 8. The molecule has 0 atom stereocenters. The van der Waals surface area contributed by atoms with Gasteiger partial charge in [0.2, 0.25) is 15.9 Å². The van der Waals surface area contributed by atoms with Crippen molar-refractivity contribution < 1.29 is 13.2 Å². The fraction of sp³-hybridized carbons (Fsp3) is 0.929. The summed E-state index contributed by atoms with van der Waals surface area (Å²) in [6.07, 6.45) is 5.58. The summed E-state index contributed by atoms with van der Waals surface area (Å²) in [5.41, 5.74) is 0. The molecule has 1 heterocycles. The van der Waals surface area contributed by atoms with Crippen molar-refractivity contribution in [1.29, 1.82) is 0 Å². The molecule has 1 aliphatic heterocycles. The van der Waals surface area contributed by atoms with Gasteiger partial charge in [-0.05, 0) is 46.3 Å². The second-order valence-corrected chi connectivity index (χ2v) is 7.99. The summed E-state index contributed by atoms with van der Waals surface area (Å²) in [5, 5.41) is 0. The molecule has 0 aliphatic carbocycles. The van der Waals surface area contributed by atoms with E-state index in [1.807, 2.05) is 23.9 Å². The van der Waals surface area contributed by atoms with Gasteiger partial charge in [-0.25, -0.2) is 12.7 Å². The van der Waals surface area contributed by atoms with Crippen molar-refractivity contribution in [2.45, 2.75) is 32.1 Å². The van der Waals surface area contributed by atoms with Gasteiger partial charge < -0.3 is 9.80 Å². The fourth-order valence-electron chi connectivity index (χ4n) is 2.53. The molecule has 6 nitrogen and oxygen atoms in total. The summed E-state index contributed by atoms with van der Waals surface area (Å²) in [6, 6.07) is 0. The van der Waals surface area contributed by atoms with Gasteiger partial charge in [0, 0.05) is 32.6 Å². The zero-order valence-corrected chi connectivity index (χ0v) is 14.4. The molecule has 1 rings (SSSR count). The van der Waals surface area contributed by atoms with E-state index in [1.165, 1.54) is 17.0 Å². The monoisotopic (exact) mass is 319 g/mol. The van der Waals surface area contributed by atoms with E-state index in [1.54, 1.807) is 0 Å². The Morgan fingerprint density at radius 1 is 1.05 bits per heavy atom. The van der Waals surface area contributed by atoms with E-state index in [-0.39, 0.29) is 12.3 Å². The fourth-order valence-corrected chi connectivity index (χ4v) is 3.41. The van der Waals surface area contributed by atoms with Crippen LogP contribution in [0.25, 0.3) is 0 Å². The molecule has 1 amide bonds. The summed E-state index contributed by atoms with van der Waals surface area (Å²) in [5.74, 6) is 0.0796. The molecule has 0 saturated carbocycles. The molecule has 1 saturated heterocycles. The van der Waals surface area contributed by atoms with E-state index in [4.69, 9.17) is 0 Å². The molecular weight excluding hydrogens is 290 g/mol. The van der Waals surface area contributed by atoms with E-state index in [0.717, 1.165) is 38.9 Å². The number of carbonyl (C=O) groups is 1. The highest BCUT2D eigenvalue weighted by atomic mass is 32.2. The Balaban J connectivity index is 2.43. The van der Waals surface area contributed by atoms with Gasteiger partial charge in [0.05, 0.1) is 6.26 Å². The lowest BCUT2D eigenvalue weighted by Gasteiger charge is -2.28. The molecule has 0 aromatic heterocycles. The van der Waals surface area contributed by atoms with Gasteiger partial charge >= 0.3 is 0 Å². The normalized spacial score (nSPS) is 16.7. The highest BCUT2D eigenvalue weighted by Gasteiger charge is 2.21. The Kier molecular flexibility index (Phi) is 7.62. The van der Waals surface area contributed by atoms with Gasteiger partial charge in [0.1, 0.15) is 0 Å². The van der Waals surface area contributed by atoms with Gasteiger partial charge in [-0.2, -0.15) is 0 Å². The number of amides is 1. The maximum atomic E-state index is 12.1. The third-order valence-electron chi connectivity index (χ3n) is 3.77. The number of piperidine rings is 1. The highest BCUT2D eigenvalue weighted by molar-refractivity contribution is 7.88. The topological polar surface area (TPSA) is 60.9 Å². The zero-order valence-electron chi connectivity index (χ0n) is 13.5. The standard InChI is InChI=1S/C14H29N3O3S/c1-15(2)9-7-12-17(21(3,19)20)13-8-14(18)16-10-5-4-6-11-16/h4-13H2,1-3H3. The molecule has 21 heavy (non-hydrogen) atoms. The van der Waals surface area contributed by atoms with Gasteiger partial charge in [-0.15, -0.1) is 0 Å². The quantitative estimate of drug-likeness (QED) is 0.657. The minimum absolute atomic E-state index is 0.0796. The van der Waals surface area contributed by atoms with Gasteiger partial charge in [-0.1, -0.05) is 0 Å². The van der Waals surface area contributed by atoms with E-state index < -0.39 is 10.0 Å². The first-order chi connectivity index (χ1) is 9.80. The minimum atomic E-state index is -3.25. The first kappa shape index (κ1) is 18.4. The molecule has 0 aromatic carbocycles. The van der Waals surface area contributed by atoms with Crippen LogP contribution in [-0.2, 0) is 14.8 Å². The maximum absolute atomic E-state index is 12.1. The highest BCUT2D eigenvalue weighted by Crippen LogP contribution is 2.11. The predicted molar refractivity (Wildman–Crippen MR) is 84.6 cm³/mol. The predicted octanol–water partition coefficient (Wildman–Crippen LogP) is 0.602. The Morgan fingerprint density at radius 3 is 2.19 bits per heavy atom. The van der Waals surface area contributed by atoms with Crippen LogP contribution in [0.2, 0.25) is 0 Å². The van der Waals surface area contributed by atoms with Gasteiger partial charge in [-0.3, -0.25) is 4.79 Å². The van der Waals surface area contributed by atoms with E-state index in [0.29, 0.717) is 13.1 Å². The largest absolute Gasteiger partial charge is 0.343 e. The Morgan fingerprint density at radius 2 is 1.67 bits per heavy atom. The average molecular weight is 319 g/mol. The molecule has 0 unspecified atom stereocenters. The lowest BCUT2D eigenvalue weighted by atomic mass is 10.1. The first-order valence-electron chi connectivity index (χ1n) is 7.68. The molecule has 7 heteroatoms. The Bertz CT molecular complexity index is 417. The van der Waals surface area contributed by atoms with Crippen LogP contribution >= 0.6 is 0 Å². The maximum Gasteiger partial charge on any atom is 0.223 e. The third kappa shape index (κ3) is 7.24. The molecular formula is C14H29N3O3S. The summed E-state index contributed by atoms with van der Waals surface area (Å²) >= 11 is 0. The molecule has 1 fully saturated rings. The second-order valence-electron chi connectivity index (χ2n) is 6.01. The number of likely N-dealkylation sites (tertiary alicyclic amines) is 1. The summed E-state index contributed by atoms with van der Waals surface area (Å²) < 4.78 is 25.0. The lowest BCUT2D eigenvalue weighted by Crippen LogP contribution is -2.39. The molecule has 0 radical (unpaired) electrons. The van der Waals surface area contributed by atoms with Crippen LogP contribution in [0.4, 0.5) is 0 Å². The first-order valence-corrected chi connectivity index (χ1v) is 9.53. The van der Waals surface area contributed by atoms with Crippen LogP contribution in [0.3, 0.4) is 0 Å². The molecule has 1 aliphatic rings. The lowest BCUT2D eigenvalue weighted by molar-refractivity contribution is -0.132. The van der Waals surface area contributed by atoms with Crippen molar-refractivity contribution in [2.24, 2.45) is 0 Å². The van der Waals surface area contributed by atoms with Crippen LogP contribution in [-0.4, -0.2) is 81.5 Å². The van der Waals surface area contributed by atoms with E-state index >= 15 is 0 Å². The molecule has 0 N–H and O–H groups in total. The summed E-state index contributed by atoms with van der Waals surface area (Å²) in [7, 11) is 0.681. The van der Waals surface area contributed by atoms with Crippen LogP contribution in [0.1, 0.15) is 32.1 Å². The van der Waals surface area contributed by atoms with Crippen molar-refractivity contribution in [2.75, 3.05) is 53.1 Å². The molecule has 0 aromatic rings. The van der Waals surface area contributed by atoms with E-state index in [2.05, 4.69) is 0 Å². The Hall–Kier alpha value is -0.660. The zero-order chi connectivity index (χ0) is 15.9. The van der Waals surface area contributed by atoms with Gasteiger partial charge in [0.25, 0.3) is 0 Å². The van der Waals surface area contributed by atoms with Gasteiger partial charge in [0.15, 0.2) is 0 Å². The van der Waals surface area contributed by atoms with Crippen molar-refractivity contribution in [3.05, 3.63) is 0 Å². The number of hydrogen-bond donors (Lipinski definition) is 0.